The van der Waals surface area contributed by atoms with Gasteiger partial charge in [0.05, 0.1) is 0 Å². The number of alkyl halides is 1. The first-order valence-electron chi connectivity index (χ1n) is 5.88. The van der Waals surface area contributed by atoms with Crippen LogP contribution in [-0.4, -0.2) is 5.38 Å². The second-order valence-corrected chi connectivity index (χ2v) is 6.84. The number of hydrogen-bond donors (Lipinski definition) is 0. The zero-order valence-corrected chi connectivity index (χ0v) is 12.9. The van der Waals surface area contributed by atoms with E-state index in [0.717, 1.165) is 29.3 Å². The molecule has 1 unspecified atom stereocenters. The standard InChI is InChI=1S/C14H19BrClF/c1-14(2,3)13(16)6-4-5-10-9-11(17)7-8-12(10)15/h7-9,13H,4-6H2,1-3H3. The molecule has 1 atom stereocenters. The largest absolute Gasteiger partial charge is 0.207 e. The van der Waals surface area contributed by atoms with Crippen molar-refractivity contribution < 1.29 is 4.39 Å². The van der Waals surface area contributed by atoms with Crippen molar-refractivity contribution in [1.82, 2.24) is 0 Å². The highest BCUT2D eigenvalue weighted by Gasteiger charge is 2.21. The fourth-order valence-electron chi connectivity index (χ4n) is 1.64. The summed E-state index contributed by atoms with van der Waals surface area (Å²) >= 11 is 9.75. The molecule has 0 spiro atoms. The number of aryl methyl sites for hydroxylation is 1. The fraction of sp³-hybridized carbons (Fsp3) is 0.571. The molecule has 0 saturated carbocycles. The van der Waals surface area contributed by atoms with Crippen molar-refractivity contribution in [1.29, 1.82) is 0 Å². The summed E-state index contributed by atoms with van der Waals surface area (Å²) in [6, 6.07) is 4.81. The summed E-state index contributed by atoms with van der Waals surface area (Å²) in [5.41, 5.74) is 1.14. The SMILES string of the molecule is CC(C)(C)C(Cl)CCCc1cc(F)ccc1Br. The van der Waals surface area contributed by atoms with E-state index in [1.165, 1.54) is 6.07 Å². The number of benzene rings is 1. The van der Waals surface area contributed by atoms with E-state index in [4.69, 9.17) is 11.6 Å². The lowest BCUT2D eigenvalue weighted by Gasteiger charge is -2.25. The lowest BCUT2D eigenvalue weighted by Crippen LogP contribution is -2.20. The topological polar surface area (TPSA) is 0 Å². The Hall–Kier alpha value is -0.0800. The molecular formula is C14H19BrClF. The molecule has 0 N–H and O–H groups in total. The van der Waals surface area contributed by atoms with Crippen molar-refractivity contribution >= 4 is 27.5 Å². The van der Waals surface area contributed by atoms with Gasteiger partial charge in [-0.2, -0.15) is 0 Å². The average molecular weight is 322 g/mol. The summed E-state index contributed by atoms with van der Waals surface area (Å²) in [5.74, 6) is -0.179. The lowest BCUT2D eigenvalue weighted by molar-refractivity contribution is 0.369. The second-order valence-electron chi connectivity index (χ2n) is 5.46. The van der Waals surface area contributed by atoms with Gasteiger partial charge in [0, 0.05) is 9.85 Å². The molecule has 0 heterocycles. The van der Waals surface area contributed by atoms with Gasteiger partial charge in [0.2, 0.25) is 0 Å². The summed E-state index contributed by atoms with van der Waals surface area (Å²) in [7, 11) is 0. The van der Waals surface area contributed by atoms with Crippen molar-refractivity contribution in [3.8, 4) is 0 Å². The van der Waals surface area contributed by atoms with Crippen molar-refractivity contribution in [3.05, 3.63) is 34.1 Å². The minimum Gasteiger partial charge on any atom is -0.207 e. The van der Waals surface area contributed by atoms with Crippen molar-refractivity contribution in [2.45, 2.75) is 45.4 Å². The van der Waals surface area contributed by atoms with Crippen LogP contribution in [-0.2, 0) is 6.42 Å². The van der Waals surface area contributed by atoms with Gasteiger partial charge in [0.15, 0.2) is 0 Å². The lowest BCUT2D eigenvalue weighted by atomic mass is 9.88. The molecule has 17 heavy (non-hydrogen) atoms. The minimum absolute atomic E-state index is 0.126. The Morgan fingerprint density at radius 1 is 1.35 bits per heavy atom. The van der Waals surface area contributed by atoms with Gasteiger partial charge in [-0.05, 0) is 48.4 Å². The molecule has 0 saturated heterocycles. The predicted octanol–water partition coefficient (Wildman–Crippen LogP) is 5.56. The monoisotopic (exact) mass is 320 g/mol. The second kappa shape index (κ2) is 6.19. The highest BCUT2D eigenvalue weighted by molar-refractivity contribution is 9.10. The smallest absolute Gasteiger partial charge is 0.123 e. The molecule has 0 amide bonds. The molecular weight excluding hydrogens is 303 g/mol. The summed E-state index contributed by atoms with van der Waals surface area (Å²) in [6.45, 7) is 6.42. The van der Waals surface area contributed by atoms with Crippen molar-refractivity contribution in [3.63, 3.8) is 0 Å². The number of hydrogen-bond acceptors (Lipinski definition) is 0. The minimum atomic E-state index is -0.179. The van der Waals surface area contributed by atoms with Crippen LogP contribution < -0.4 is 0 Å². The van der Waals surface area contributed by atoms with Crippen molar-refractivity contribution in [2.75, 3.05) is 0 Å². The van der Waals surface area contributed by atoms with Crippen LogP contribution in [0.4, 0.5) is 4.39 Å². The van der Waals surface area contributed by atoms with Crippen molar-refractivity contribution in [2.24, 2.45) is 5.41 Å². The van der Waals surface area contributed by atoms with Crippen LogP contribution >= 0.6 is 27.5 Å². The zero-order chi connectivity index (χ0) is 13.1. The molecule has 0 bridgehead atoms. The van der Waals surface area contributed by atoms with E-state index in [1.807, 2.05) is 0 Å². The molecule has 1 aromatic carbocycles. The Morgan fingerprint density at radius 2 is 2.00 bits per heavy atom. The van der Waals surface area contributed by atoms with Crippen LogP contribution in [0.2, 0.25) is 0 Å². The van der Waals surface area contributed by atoms with Gasteiger partial charge >= 0.3 is 0 Å². The van der Waals surface area contributed by atoms with E-state index in [0.29, 0.717) is 0 Å². The summed E-state index contributed by atoms with van der Waals surface area (Å²) in [4.78, 5) is 0. The molecule has 96 valence electrons. The van der Waals surface area contributed by atoms with Crippen LogP contribution in [0.1, 0.15) is 39.2 Å². The fourth-order valence-corrected chi connectivity index (χ4v) is 2.24. The highest BCUT2D eigenvalue weighted by Crippen LogP contribution is 2.29. The third-order valence-electron chi connectivity index (χ3n) is 2.85. The average Bonchev–Trinajstić information content (AvgIpc) is 2.21. The van der Waals surface area contributed by atoms with Gasteiger partial charge in [-0.1, -0.05) is 36.7 Å². The molecule has 0 aliphatic heterocycles. The van der Waals surface area contributed by atoms with Gasteiger partial charge in [-0.3, -0.25) is 0 Å². The molecule has 1 rings (SSSR count). The Kier molecular flexibility index (Phi) is 5.46. The van der Waals surface area contributed by atoms with Crippen LogP contribution in [0.5, 0.6) is 0 Å². The summed E-state index contributed by atoms with van der Waals surface area (Å²) < 4.78 is 14.0. The van der Waals surface area contributed by atoms with Gasteiger partial charge in [0.25, 0.3) is 0 Å². The molecule has 1 aromatic rings. The van der Waals surface area contributed by atoms with Gasteiger partial charge in [-0.25, -0.2) is 4.39 Å². The van der Waals surface area contributed by atoms with E-state index < -0.39 is 0 Å². The van der Waals surface area contributed by atoms with Crippen LogP contribution in [0.15, 0.2) is 22.7 Å². The molecule has 0 aromatic heterocycles. The van der Waals surface area contributed by atoms with E-state index in [-0.39, 0.29) is 16.6 Å². The first-order chi connectivity index (χ1) is 7.80. The zero-order valence-electron chi connectivity index (χ0n) is 10.6. The van der Waals surface area contributed by atoms with E-state index in [1.54, 1.807) is 12.1 Å². The summed E-state index contributed by atoms with van der Waals surface area (Å²) in [6.07, 6.45) is 2.79. The first kappa shape index (κ1) is 15.0. The quantitative estimate of drug-likeness (QED) is 0.636. The Morgan fingerprint density at radius 3 is 2.59 bits per heavy atom. The van der Waals surface area contributed by atoms with E-state index in [2.05, 4.69) is 36.7 Å². The first-order valence-corrected chi connectivity index (χ1v) is 7.11. The van der Waals surface area contributed by atoms with Crippen LogP contribution in [0.3, 0.4) is 0 Å². The van der Waals surface area contributed by atoms with E-state index >= 15 is 0 Å². The van der Waals surface area contributed by atoms with Crippen LogP contribution in [0.25, 0.3) is 0 Å². The normalized spacial score (nSPS) is 13.8. The molecule has 0 fully saturated rings. The maximum atomic E-state index is 13.1. The molecule has 0 nitrogen and oxygen atoms in total. The highest BCUT2D eigenvalue weighted by atomic mass is 79.9. The van der Waals surface area contributed by atoms with Gasteiger partial charge < -0.3 is 0 Å². The molecule has 0 aliphatic carbocycles. The number of halogens is 3. The maximum Gasteiger partial charge on any atom is 0.123 e. The van der Waals surface area contributed by atoms with Gasteiger partial charge in [-0.15, -0.1) is 11.6 Å². The van der Waals surface area contributed by atoms with Gasteiger partial charge in [0.1, 0.15) is 5.82 Å². The number of rotatable bonds is 4. The Bertz CT molecular complexity index is 371. The molecule has 0 radical (unpaired) electrons. The van der Waals surface area contributed by atoms with Crippen LogP contribution in [0, 0.1) is 11.2 Å². The Labute approximate surface area is 117 Å². The molecule has 0 aliphatic rings. The molecule has 3 heteroatoms. The predicted molar refractivity (Wildman–Crippen MR) is 76.1 cm³/mol. The maximum absolute atomic E-state index is 13.1. The third kappa shape index (κ3) is 4.97. The summed E-state index contributed by atoms with van der Waals surface area (Å²) in [5, 5.41) is 0.162. The third-order valence-corrected chi connectivity index (χ3v) is 4.50. The Balaban J connectivity index is 2.49. The van der Waals surface area contributed by atoms with E-state index in [9.17, 15) is 4.39 Å².